The Morgan fingerprint density at radius 2 is 2.03 bits per heavy atom. The molecule has 0 unspecified atom stereocenters. The highest BCUT2D eigenvalue weighted by atomic mass is 35.5. The number of carbonyl (C=O) groups is 2. The first-order chi connectivity index (χ1) is 15.9. The molecule has 2 aliphatic rings. The number of para-hydroxylation sites is 1. The number of aryl methyl sites for hydroxylation is 1. The predicted octanol–water partition coefficient (Wildman–Crippen LogP) is 6.12. The fourth-order valence-corrected chi connectivity index (χ4v) is 4.20. The lowest BCUT2D eigenvalue weighted by Crippen LogP contribution is -2.32. The van der Waals surface area contributed by atoms with Crippen molar-refractivity contribution in [2.45, 2.75) is 32.7 Å². The lowest BCUT2D eigenvalue weighted by molar-refractivity contribution is 0.0809. The number of allylic oxidation sites excluding steroid dienone is 4. The molecule has 3 amide bonds. The maximum Gasteiger partial charge on any atom is 0.319 e. The Labute approximate surface area is 197 Å². The number of benzene rings is 2. The third-order valence-electron chi connectivity index (χ3n) is 5.76. The molecular weight excluding hydrogens is 441 g/mol. The molecule has 1 aliphatic heterocycles. The molecule has 0 fully saturated rings. The monoisotopic (exact) mass is 465 g/mol. The van der Waals surface area contributed by atoms with Gasteiger partial charge in [-0.1, -0.05) is 48.0 Å². The van der Waals surface area contributed by atoms with E-state index >= 15 is 0 Å². The minimum Gasteiger partial charge on any atom is -0.334 e. The SMILES string of the molecule is Cc1cc(C(=O)N2CCCC=C3C=CCC=C32)ccc1CNC(=O)Nc1c(F)cccc1Cl. The maximum atomic E-state index is 13.9. The van der Waals surface area contributed by atoms with Gasteiger partial charge in [-0.2, -0.15) is 0 Å². The Hall–Kier alpha value is -3.38. The zero-order valence-corrected chi connectivity index (χ0v) is 19.1. The molecule has 33 heavy (non-hydrogen) atoms. The molecule has 4 rings (SSSR count). The van der Waals surface area contributed by atoms with Crippen LogP contribution in [0.5, 0.6) is 0 Å². The smallest absolute Gasteiger partial charge is 0.319 e. The molecule has 2 aromatic carbocycles. The van der Waals surface area contributed by atoms with Crippen molar-refractivity contribution in [2.75, 3.05) is 11.9 Å². The molecule has 0 saturated carbocycles. The second-order valence-corrected chi connectivity index (χ2v) is 8.44. The summed E-state index contributed by atoms with van der Waals surface area (Å²) in [6, 6.07) is 9.10. The number of hydrogen-bond acceptors (Lipinski definition) is 2. The summed E-state index contributed by atoms with van der Waals surface area (Å²) in [6.07, 6.45) is 11.2. The molecule has 0 aromatic heterocycles. The molecule has 0 bridgehead atoms. The van der Waals surface area contributed by atoms with Gasteiger partial charge in [0.05, 0.1) is 10.7 Å². The predicted molar refractivity (Wildman–Crippen MR) is 129 cm³/mol. The summed E-state index contributed by atoms with van der Waals surface area (Å²) in [4.78, 5) is 27.4. The van der Waals surface area contributed by atoms with Crippen molar-refractivity contribution in [3.05, 3.63) is 99.5 Å². The molecule has 5 nitrogen and oxygen atoms in total. The summed E-state index contributed by atoms with van der Waals surface area (Å²) in [5.41, 5.74) is 4.37. The van der Waals surface area contributed by atoms with E-state index < -0.39 is 11.8 Å². The number of carbonyl (C=O) groups excluding carboxylic acids is 2. The van der Waals surface area contributed by atoms with Gasteiger partial charge >= 0.3 is 6.03 Å². The van der Waals surface area contributed by atoms with E-state index in [1.165, 1.54) is 18.2 Å². The molecule has 2 aromatic rings. The van der Waals surface area contributed by atoms with Crippen LogP contribution in [0.25, 0.3) is 0 Å². The minimum atomic E-state index is -0.605. The van der Waals surface area contributed by atoms with Crippen LogP contribution in [-0.4, -0.2) is 23.4 Å². The van der Waals surface area contributed by atoms with Gasteiger partial charge in [-0.25, -0.2) is 9.18 Å². The standard InChI is InChI=1S/C26H25ClFN3O2/c1-17-15-19(25(32)31-14-5-4-8-18-7-2-3-11-23(18)31)12-13-20(17)16-29-26(33)30-24-21(27)9-6-10-22(24)28/h2,6-13,15H,3-5,14,16H2,1H3,(H2,29,30,33). The van der Waals surface area contributed by atoms with Gasteiger partial charge < -0.3 is 15.5 Å². The number of urea groups is 1. The van der Waals surface area contributed by atoms with Crippen molar-refractivity contribution >= 4 is 29.2 Å². The molecule has 0 radical (unpaired) electrons. The number of anilines is 1. The highest BCUT2D eigenvalue weighted by Crippen LogP contribution is 2.28. The van der Waals surface area contributed by atoms with Gasteiger partial charge in [0.2, 0.25) is 0 Å². The third kappa shape index (κ3) is 5.17. The van der Waals surface area contributed by atoms with Gasteiger partial charge in [-0.15, -0.1) is 0 Å². The van der Waals surface area contributed by atoms with Crippen molar-refractivity contribution < 1.29 is 14.0 Å². The molecule has 1 heterocycles. The van der Waals surface area contributed by atoms with Gasteiger partial charge in [-0.05, 0) is 67.2 Å². The van der Waals surface area contributed by atoms with E-state index in [0.717, 1.165) is 41.7 Å². The van der Waals surface area contributed by atoms with E-state index in [9.17, 15) is 14.0 Å². The largest absolute Gasteiger partial charge is 0.334 e. The fourth-order valence-electron chi connectivity index (χ4n) is 3.99. The van der Waals surface area contributed by atoms with E-state index in [1.807, 2.05) is 24.0 Å². The van der Waals surface area contributed by atoms with Crippen LogP contribution in [0, 0.1) is 12.7 Å². The average Bonchev–Trinajstić information content (AvgIpc) is 3.03. The Kier molecular flexibility index (Phi) is 6.94. The molecule has 0 saturated heterocycles. The fraction of sp³-hybridized carbons (Fsp3) is 0.231. The number of fused-ring (bicyclic) bond motifs is 1. The first kappa shape index (κ1) is 22.8. The summed E-state index contributed by atoms with van der Waals surface area (Å²) in [6.45, 7) is 2.81. The van der Waals surface area contributed by atoms with Crippen LogP contribution in [0.3, 0.4) is 0 Å². The van der Waals surface area contributed by atoms with E-state index in [0.29, 0.717) is 12.1 Å². The number of rotatable bonds is 4. The Morgan fingerprint density at radius 1 is 1.18 bits per heavy atom. The lowest BCUT2D eigenvalue weighted by atomic mass is 10.0. The second kappa shape index (κ2) is 10.0. The number of hydrogen-bond donors (Lipinski definition) is 2. The van der Waals surface area contributed by atoms with E-state index in [-0.39, 0.29) is 23.2 Å². The summed E-state index contributed by atoms with van der Waals surface area (Å²) < 4.78 is 13.9. The molecule has 7 heteroatoms. The number of nitrogens with zero attached hydrogens (tertiary/aromatic N) is 1. The summed E-state index contributed by atoms with van der Waals surface area (Å²) >= 11 is 5.95. The molecule has 0 atom stereocenters. The van der Waals surface area contributed by atoms with Gasteiger partial charge in [0, 0.05) is 24.4 Å². The van der Waals surface area contributed by atoms with Crippen molar-refractivity contribution in [1.29, 1.82) is 0 Å². The molecule has 1 aliphatic carbocycles. The zero-order chi connectivity index (χ0) is 23.4. The van der Waals surface area contributed by atoms with Crippen LogP contribution in [0.4, 0.5) is 14.9 Å². The van der Waals surface area contributed by atoms with Crippen LogP contribution < -0.4 is 10.6 Å². The van der Waals surface area contributed by atoms with Crippen molar-refractivity contribution in [3.63, 3.8) is 0 Å². The average molecular weight is 466 g/mol. The molecule has 170 valence electrons. The Bertz CT molecular complexity index is 1170. The third-order valence-corrected chi connectivity index (χ3v) is 6.07. The Morgan fingerprint density at radius 3 is 2.82 bits per heavy atom. The van der Waals surface area contributed by atoms with Crippen LogP contribution in [-0.2, 0) is 6.54 Å². The topological polar surface area (TPSA) is 61.4 Å². The maximum absolute atomic E-state index is 13.9. The Balaban J connectivity index is 1.43. The highest BCUT2D eigenvalue weighted by molar-refractivity contribution is 6.33. The quantitative estimate of drug-likeness (QED) is 0.571. The normalized spacial score (nSPS) is 15.2. The van der Waals surface area contributed by atoms with Crippen LogP contribution in [0.2, 0.25) is 5.02 Å². The highest BCUT2D eigenvalue weighted by Gasteiger charge is 2.24. The zero-order valence-electron chi connectivity index (χ0n) is 18.3. The van der Waals surface area contributed by atoms with Crippen molar-refractivity contribution in [1.82, 2.24) is 10.2 Å². The molecule has 2 N–H and O–H groups in total. The number of amides is 3. The van der Waals surface area contributed by atoms with Crippen molar-refractivity contribution in [2.24, 2.45) is 0 Å². The van der Waals surface area contributed by atoms with Gasteiger partial charge in [0.25, 0.3) is 5.91 Å². The summed E-state index contributed by atoms with van der Waals surface area (Å²) in [5.74, 6) is -0.634. The number of halogens is 2. The van der Waals surface area contributed by atoms with E-state index in [4.69, 9.17) is 11.6 Å². The van der Waals surface area contributed by atoms with E-state index in [2.05, 4.69) is 34.9 Å². The summed E-state index contributed by atoms with van der Waals surface area (Å²) in [5, 5.41) is 5.27. The first-order valence-corrected chi connectivity index (χ1v) is 11.3. The van der Waals surface area contributed by atoms with E-state index in [1.54, 1.807) is 6.07 Å². The van der Waals surface area contributed by atoms with Crippen LogP contribution in [0.15, 0.2) is 72.0 Å². The second-order valence-electron chi connectivity index (χ2n) is 8.03. The number of nitrogens with one attached hydrogen (secondary N) is 2. The first-order valence-electron chi connectivity index (χ1n) is 10.9. The van der Waals surface area contributed by atoms with Crippen LogP contribution >= 0.6 is 11.6 Å². The van der Waals surface area contributed by atoms with Crippen LogP contribution in [0.1, 0.15) is 40.7 Å². The van der Waals surface area contributed by atoms with Gasteiger partial charge in [-0.3, -0.25) is 4.79 Å². The van der Waals surface area contributed by atoms with Crippen molar-refractivity contribution in [3.8, 4) is 0 Å². The lowest BCUT2D eigenvalue weighted by Gasteiger charge is -2.26. The summed E-state index contributed by atoms with van der Waals surface area (Å²) in [7, 11) is 0. The molecular formula is C26H25ClFN3O2. The minimum absolute atomic E-state index is 0.0288. The van der Waals surface area contributed by atoms with Gasteiger partial charge in [0.15, 0.2) is 0 Å². The van der Waals surface area contributed by atoms with Gasteiger partial charge in [0.1, 0.15) is 5.82 Å². The molecule has 0 spiro atoms.